The van der Waals surface area contributed by atoms with Crippen molar-refractivity contribution in [3.05, 3.63) is 87.2 Å². The van der Waals surface area contributed by atoms with Crippen molar-refractivity contribution in [3.8, 4) is 23.0 Å². The maximum absolute atomic E-state index is 13.0. The lowest BCUT2D eigenvalue weighted by atomic mass is 10.1. The van der Waals surface area contributed by atoms with Crippen molar-refractivity contribution in [2.45, 2.75) is 0 Å². The summed E-state index contributed by atoms with van der Waals surface area (Å²) in [6, 6.07) is 18.7. The van der Waals surface area contributed by atoms with Crippen LogP contribution in [0.3, 0.4) is 0 Å². The van der Waals surface area contributed by atoms with Crippen molar-refractivity contribution in [2.24, 2.45) is 0 Å². The Balaban J connectivity index is 1.47. The van der Waals surface area contributed by atoms with E-state index in [0.717, 1.165) is 16.7 Å². The number of amides is 2. The molecule has 1 saturated heterocycles. The van der Waals surface area contributed by atoms with Gasteiger partial charge in [-0.05, 0) is 72.4 Å². The van der Waals surface area contributed by atoms with Gasteiger partial charge in [0.25, 0.3) is 11.1 Å². The summed E-state index contributed by atoms with van der Waals surface area (Å²) in [6.07, 6.45) is 1.54. The number of carbonyl (C=O) groups excluding carboxylic acids is 3. The third kappa shape index (κ3) is 6.33. The first-order chi connectivity index (χ1) is 17.9. The van der Waals surface area contributed by atoms with Crippen LogP contribution >= 0.6 is 27.7 Å². The van der Waals surface area contributed by atoms with Gasteiger partial charge < -0.3 is 18.9 Å². The number of esters is 1. The summed E-state index contributed by atoms with van der Waals surface area (Å²) in [4.78, 5) is 39.6. The molecule has 3 aromatic carbocycles. The highest BCUT2D eigenvalue weighted by atomic mass is 79.9. The first kappa shape index (κ1) is 26.3. The van der Waals surface area contributed by atoms with Gasteiger partial charge >= 0.3 is 5.97 Å². The summed E-state index contributed by atoms with van der Waals surface area (Å²) in [5, 5.41) is -0.411. The molecule has 0 unspecified atom stereocenters. The second-order valence-corrected chi connectivity index (χ2v) is 9.54. The Bertz CT molecular complexity index is 1360. The van der Waals surface area contributed by atoms with Crippen molar-refractivity contribution < 1.29 is 33.3 Å². The fourth-order valence-electron chi connectivity index (χ4n) is 3.43. The maximum atomic E-state index is 13.0. The molecule has 1 fully saturated rings. The fourth-order valence-corrected chi connectivity index (χ4v) is 4.66. The molecular weight excluding hydrogens is 562 g/mol. The Morgan fingerprint density at radius 1 is 0.946 bits per heavy atom. The van der Waals surface area contributed by atoms with Crippen LogP contribution in [-0.4, -0.2) is 49.4 Å². The van der Waals surface area contributed by atoms with E-state index in [1.165, 1.54) is 20.3 Å². The molecule has 0 atom stereocenters. The number of halogens is 1. The second-order valence-electron chi connectivity index (χ2n) is 7.63. The predicted molar refractivity (Wildman–Crippen MR) is 143 cm³/mol. The number of rotatable bonds is 9. The molecule has 0 aliphatic carbocycles. The molecule has 2 amide bonds. The number of carbonyl (C=O) groups is 3. The van der Waals surface area contributed by atoms with E-state index in [0.29, 0.717) is 32.8 Å². The van der Waals surface area contributed by atoms with Crippen molar-refractivity contribution in [3.63, 3.8) is 0 Å². The Kier molecular flexibility index (Phi) is 8.52. The molecule has 0 aromatic heterocycles. The molecule has 190 valence electrons. The normalized spacial score (nSPS) is 14.1. The van der Waals surface area contributed by atoms with Crippen molar-refractivity contribution in [1.82, 2.24) is 4.90 Å². The maximum Gasteiger partial charge on any atom is 0.343 e. The number of nitrogens with zero attached hydrogens (tertiary/aromatic N) is 1. The molecule has 0 saturated carbocycles. The molecule has 1 aliphatic heterocycles. The Hall–Kier alpha value is -3.76. The van der Waals surface area contributed by atoms with Gasteiger partial charge in [0.05, 0.1) is 31.2 Å². The van der Waals surface area contributed by atoms with Crippen LogP contribution in [0, 0.1) is 0 Å². The van der Waals surface area contributed by atoms with Crippen LogP contribution in [-0.2, 0) is 4.79 Å². The number of hydrogen-bond acceptors (Lipinski definition) is 8. The molecule has 0 bridgehead atoms. The smallest absolute Gasteiger partial charge is 0.343 e. The molecule has 0 spiro atoms. The highest BCUT2D eigenvalue weighted by Crippen LogP contribution is 2.35. The minimum absolute atomic E-state index is 0.0673. The number of hydrogen-bond donors (Lipinski definition) is 0. The Morgan fingerprint density at radius 3 is 2.38 bits per heavy atom. The van der Waals surface area contributed by atoms with Crippen molar-refractivity contribution >= 4 is 50.9 Å². The van der Waals surface area contributed by atoms with Crippen LogP contribution < -0.4 is 18.9 Å². The van der Waals surface area contributed by atoms with Gasteiger partial charge in [0.1, 0.15) is 18.1 Å². The number of ether oxygens (including phenoxy) is 4. The minimum Gasteiger partial charge on any atom is -0.497 e. The summed E-state index contributed by atoms with van der Waals surface area (Å²) >= 11 is 4.21. The number of para-hydroxylation sites is 2. The molecule has 0 N–H and O–H groups in total. The van der Waals surface area contributed by atoms with Gasteiger partial charge in [-0.25, -0.2) is 4.79 Å². The van der Waals surface area contributed by atoms with Gasteiger partial charge in [0, 0.05) is 10.0 Å². The number of thioether (sulfide) groups is 1. The first-order valence-electron chi connectivity index (χ1n) is 11.1. The van der Waals surface area contributed by atoms with Crippen LogP contribution in [0.4, 0.5) is 4.79 Å². The van der Waals surface area contributed by atoms with E-state index in [1.54, 1.807) is 60.7 Å². The molecule has 1 aliphatic rings. The lowest BCUT2D eigenvalue weighted by molar-refractivity contribution is -0.123. The zero-order valence-electron chi connectivity index (χ0n) is 19.9. The van der Waals surface area contributed by atoms with E-state index in [4.69, 9.17) is 18.9 Å². The van der Waals surface area contributed by atoms with E-state index < -0.39 is 17.1 Å². The fraction of sp³-hybridized carbons (Fsp3) is 0.148. The zero-order chi connectivity index (χ0) is 26.4. The molecule has 0 radical (unpaired) electrons. The average molecular weight is 584 g/mol. The van der Waals surface area contributed by atoms with Gasteiger partial charge in [0.2, 0.25) is 0 Å². The lowest BCUT2D eigenvalue weighted by Crippen LogP contribution is -2.32. The molecular formula is C27H22BrNO7S. The minimum atomic E-state index is -0.568. The first-order valence-corrected chi connectivity index (χ1v) is 12.7. The van der Waals surface area contributed by atoms with Gasteiger partial charge in [-0.1, -0.05) is 28.1 Å². The highest BCUT2D eigenvalue weighted by Gasteiger charge is 2.35. The standard InChI is InChI=1S/C27H22BrNO7S/c1-33-20-10-7-17(8-11-20)26(31)36-21-12-9-19(28)15-18(21)16-24-25(30)29(27(32)37-24)13-14-35-23-6-4-3-5-22(23)34-2/h3-12,15-16H,13-14H2,1-2H3/b24-16-. The van der Waals surface area contributed by atoms with Gasteiger partial charge in [-0.2, -0.15) is 0 Å². The SMILES string of the molecule is COc1ccc(C(=O)Oc2ccc(Br)cc2/C=C2\SC(=O)N(CCOc3ccccc3OC)C2=O)cc1. The predicted octanol–water partition coefficient (Wildman–Crippen LogP) is 5.80. The van der Waals surface area contributed by atoms with E-state index in [1.807, 2.05) is 6.07 Å². The quantitative estimate of drug-likeness (QED) is 0.177. The number of benzene rings is 3. The van der Waals surface area contributed by atoms with E-state index in [2.05, 4.69) is 15.9 Å². The van der Waals surface area contributed by atoms with Crippen LogP contribution in [0.15, 0.2) is 76.1 Å². The topological polar surface area (TPSA) is 91.4 Å². The molecule has 10 heteroatoms. The molecule has 3 aromatic rings. The molecule has 37 heavy (non-hydrogen) atoms. The second kappa shape index (κ2) is 12.0. The largest absolute Gasteiger partial charge is 0.497 e. The van der Waals surface area contributed by atoms with Gasteiger partial charge in [0.15, 0.2) is 11.5 Å². The Labute approximate surface area is 226 Å². The summed E-state index contributed by atoms with van der Waals surface area (Å²) in [5.41, 5.74) is 0.803. The van der Waals surface area contributed by atoms with E-state index in [-0.39, 0.29) is 23.8 Å². The lowest BCUT2D eigenvalue weighted by Gasteiger charge is -2.14. The summed E-state index contributed by atoms with van der Waals surface area (Å²) in [5.74, 6) is 0.917. The van der Waals surface area contributed by atoms with E-state index >= 15 is 0 Å². The van der Waals surface area contributed by atoms with E-state index in [9.17, 15) is 14.4 Å². The average Bonchev–Trinajstić information content (AvgIpc) is 3.17. The number of imide groups is 1. The summed E-state index contributed by atoms with van der Waals surface area (Å²) < 4.78 is 22.4. The molecule has 4 rings (SSSR count). The molecule has 1 heterocycles. The zero-order valence-corrected chi connectivity index (χ0v) is 22.3. The van der Waals surface area contributed by atoms with Crippen LogP contribution in [0.2, 0.25) is 0 Å². The van der Waals surface area contributed by atoms with Crippen molar-refractivity contribution in [1.29, 1.82) is 0 Å². The highest BCUT2D eigenvalue weighted by molar-refractivity contribution is 9.10. The Morgan fingerprint density at radius 2 is 1.68 bits per heavy atom. The summed E-state index contributed by atoms with van der Waals surface area (Å²) in [6.45, 7) is 0.172. The van der Waals surface area contributed by atoms with Gasteiger partial charge in [-0.15, -0.1) is 0 Å². The molecule has 8 nitrogen and oxygen atoms in total. The van der Waals surface area contributed by atoms with Crippen LogP contribution in [0.1, 0.15) is 15.9 Å². The van der Waals surface area contributed by atoms with Crippen LogP contribution in [0.25, 0.3) is 6.08 Å². The third-order valence-electron chi connectivity index (χ3n) is 5.30. The van der Waals surface area contributed by atoms with Crippen LogP contribution in [0.5, 0.6) is 23.0 Å². The monoisotopic (exact) mass is 583 g/mol. The van der Waals surface area contributed by atoms with Crippen molar-refractivity contribution in [2.75, 3.05) is 27.4 Å². The summed E-state index contributed by atoms with van der Waals surface area (Å²) in [7, 11) is 3.07. The van der Waals surface area contributed by atoms with Gasteiger partial charge in [-0.3, -0.25) is 14.5 Å². The number of methoxy groups -OCH3 is 2. The third-order valence-corrected chi connectivity index (χ3v) is 6.70.